The Kier molecular flexibility index (Phi) is 3.88. The Labute approximate surface area is 118 Å². The molecule has 2 rings (SSSR count). The molecule has 3 nitrogen and oxygen atoms in total. The normalized spacial score (nSPS) is 11.2. The molecule has 0 amide bonds. The molecule has 6 heteroatoms. The summed E-state index contributed by atoms with van der Waals surface area (Å²) in [6, 6.07) is 9.98. The van der Waals surface area contributed by atoms with E-state index in [1.807, 2.05) is 0 Å². The Morgan fingerprint density at radius 3 is 2.38 bits per heavy atom. The number of hydrogen-bond acceptors (Lipinski definition) is 2. The molecule has 0 saturated heterocycles. The largest absolute Gasteiger partial charge is 0.573 e. The zero-order chi connectivity index (χ0) is 15.6. The van der Waals surface area contributed by atoms with E-state index in [4.69, 9.17) is 0 Å². The summed E-state index contributed by atoms with van der Waals surface area (Å²) in [5, 5.41) is 9.21. The number of carboxylic acids is 1. The summed E-state index contributed by atoms with van der Waals surface area (Å²) in [5.74, 6) is -1.64. The van der Waals surface area contributed by atoms with Crippen molar-refractivity contribution in [3.63, 3.8) is 0 Å². The topological polar surface area (TPSA) is 46.5 Å². The Bertz CT molecular complexity index is 678. The molecule has 0 aliphatic rings. The molecule has 0 saturated carbocycles. The van der Waals surface area contributed by atoms with Gasteiger partial charge in [0.2, 0.25) is 0 Å². The predicted molar refractivity (Wildman–Crippen MR) is 70.3 cm³/mol. The van der Waals surface area contributed by atoms with Crippen LogP contribution in [0.1, 0.15) is 15.9 Å². The van der Waals surface area contributed by atoms with Crippen molar-refractivity contribution < 1.29 is 27.8 Å². The quantitative estimate of drug-likeness (QED) is 0.920. The second-order valence-electron chi connectivity index (χ2n) is 4.35. The van der Waals surface area contributed by atoms with Gasteiger partial charge in [-0.15, -0.1) is 13.2 Å². The molecule has 0 unspecified atom stereocenters. The Hall–Kier alpha value is -2.50. The first-order chi connectivity index (χ1) is 9.79. The molecule has 0 fully saturated rings. The van der Waals surface area contributed by atoms with Gasteiger partial charge in [0, 0.05) is 11.1 Å². The number of para-hydroxylation sites is 1. The summed E-state index contributed by atoms with van der Waals surface area (Å²) in [7, 11) is 0. The number of hydrogen-bond donors (Lipinski definition) is 1. The number of ether oxygens (including phenoxy) is 1. The van der Waals surface area contributed by atoms with E-state index in [2.05, 4.69) is 4.74 Å². The van der Waals surface area contributed by atoms with E-state index in [0.29, 0.717) is 5.56 Å². The zero-order valence-corrected chi connectivity index (χ0v) is 10.9. The van der Waals surface area contributed by atoms with Gasteiger partial charge in [0.25, 0.3) is 0 Å². The van der Waals surface area contributed by atoms with Crippen LogP contribution in [-0.4, -0.2) is 17.4 Å². The molecule has 0 atom stereocenters. The molecule has 2 aromatic rings. The van der Waals surface area contributed by atoms with Gasteiger partial charge in [-0.1, -0.05) is 30.3 Å². The first kappa shape index (κ1) is 14.9. The summed E-state index contributed by atoms with van der Waals surface area (Å²) in [6.45, 7) is 1.63. The van der Waals surface area contributed by atoms with Crippen LogP contribution in [0.2, 0.25) is 0 Å². The second-order valence-corrected chi connectivity index (χ2v) is 4.35. The average Bonchev–Trinajstić information content (AvgIpc) is 2.37. The van der Waals surface area contributed by atoms with Crippen LogP contribution in [0, 0.1) is 6.92 Å². The minimum Gasteiger partial charge on any atom is -0.478 e. The minimum absolute atomic E-state index is 0.0757. The maximum Gasteiger partial charge on any atom is 0.573 e. The number of aryl methyl sites for hydroxylation is 1. The van der Waals surface area contributed by atoms with Gasteiger partial charge >= 0.3 is 12.3 Å². The highest BCUT2D eigenvalue weighted by molar-refractivity contribution is 5.98. The summed E-state index contributed by atoms with van der Waals surface area (Å²) < 4.78 is 41.4. The highest BCUT2D eigenvalue weighted by Gasteiger charge is 2.32. The van der Waals surface area contributed by atoms with Crippen molar-refractivity contribution in [2.24, 2.45) is 0 Å². The molecule has 1 N–H and O–H groups in total. The molecule has 21 heavy (non-hydrogen) atoms. The number of carbonyl (C=O) groups is 1. The molecular formula is C15H11F3O3. The van der Waals surface area contributed by atoms with Gasteiger partial charge in [-0.05, 0) is 24.6 Å². The standard InChI is InChI=1S/C15H11F3O3/c1-9-5-4-7-11(14(19)20)13(9)10-6-2-3-8-12(10)21-15(16,17)18/h2-8H,1H3,(H,19,20). The fourth-order valence-electron chi connectivity index (χ4n) is 2.09. The molecular weight excluding hydrogens is 285 g/mol. The van der Waals surface area contributed by atoms with Gasteiger partial charge in [0.1, 0.15) is 5.75 Å². The Balaban J connectivity index is 2.66. The van der Waals surface area contributed by atoms with Gasteiger partial charge in [0.05, 0.1) is 5.56 Å². The van der Waals surface area contributed by atoms with Gasteiger partial charge in [-0.25, -0.2) is 4.79 Å². The van der Waals surface area contributed by atoms with Gasteiger partial charge in [0.15, 0.2) is 0 Å². The van der Waals surface area contributed by atoms with Crippen molar-refractivity contribution in [3.05, 3.63) is 53.6 Å². The highest BCUT2D eigenvalue weighted by Crippen LogP contribution is 2.37. The molecule has 0 radical (unpaired) electrons. The third kappa shape index (κ3) is 3.34. The summed E-state index contributed by atoms with van der Waals surface area (Å²) >= 11 is 0. The summed E-state index contributed by atoms with van der Waals surface area (Å²) in [5.41, 5.74) is 0.775. The van der Waals surface area contributed by atoms with Crippen LogP contribution in [-0.2, 0) is 0 Å². The number of aromatic carboxylic acids is 1. The summed E-state index contributed by atoms with van der Waals surface area (Å²) in [4.78, 5) is 11.3. The molecule has 0 spiro atoms. The van der Waals surface area contributed by atoms with E-state index < -0.39 is 18.1 Å². The van der Waals surface area contributed by atoms with E-state index in [9.17, 15) is 23.1 Å². The number of alkyl halides is 3. The van der Waals surface area contributed by atoms with Crippen molar-refractivity contribution >= 4 is 5.97 Å². The second kappa shape index (κ2) is 5.47. The van der Waals surface area contributed by atoms with Crippen LogP contribution in [0.5, 0.6) is 5.75 Å². The van der Waals surface area contributed by atoms with Crippen LogP contribution < -0.4 is 4.74 Å². The lowest BCUT2D eigenvalue weighted by molar-refractivity contribution is -0.274. The van der Waals surface area contributed by atoms with E-state index in [1.165, 1.54) is 30.3 Å². The number of benzene rings is 2. The van der Waals surface area contributed by atoms with Crippen molar-refractivity contribution in [1.82, 2.24) is 0 Å². The smallest absolute Gasteiger partial charge is 0.478 e. The van der Waals surface area contributed by atoms with Crippen LogP contribution in [0.25, 0.3) is 11.1 Å². The minimum atomic E-state index is -4.85. The van der Waals surface area contributed by atoms with Crippen molar-refractivity contribution in [3.8, 4) is 16.9 Å². The third-order valence-corrected chi connectivity index (χ3v) is 2.89. The lowest BCUT2D eigenvalue weighted by Gasteiger charge is -2.16. The maximum absolute atomic E-state index is 12.5. The van der Waals surface area contributed by atoms with Gasteiger partial charge < -0.3 is 9.84 Å². The lowest BCUT2D eigenvalue weighted by atomic mass is 9.94. The number of rotatable bonds is 3. The molecule has 0 aliphatic heterocycles. The Morgan fingerprint density at radius 2 is 1.76 bits per heavy atom. The van der Waals surface area contributed by atoms with Crippen LogP contribution >= 0.6 is 0 Å². The Morgan fingerprint density at radius 1 is 1.10 bits per heavy atom. The average molecular weight is 296 g/mol. The molecule has 2 aromatic carbocycles. The van der Waals surface area contributed by atoms with Gasteiger partial charge in [-0.2, -0.15) is 0 Å². The van der Waals surface area contributed by atoms with Gasteiger partial charge in [-0.3, -0.25) is 0 Å². The van der Waals surface area contributed by atoms with Crippen LogP contribution in [0.15, 0.2) is 42.5 Å². The van der Waals surface area contributed by atoms with E-state index in [-0.39, 0.29) is 16.7 Å². The molecule has 0 heterocycles. The van der Waals surface area contributed by atoms with Crippen molar-refractivity contribution in [1.29, 1.82) is 0 Å². The SMILES string of the molecule is Cc1cccc(C(=O)O)c1-c1ccccc1OC(F)(F)F. The lowest BCUT2D eigenvalue weighted by Crippen LogP contribution is -2.17. The van der Waals surface area contributed by atoms with E-state index >= 15 is 0 Å². The van der Waals surface area contributed by atoms with E-state index in [1.54, 1.807) is 13.0 Å². The van der Waals surface area contributed by atoms with Crippen molar-refractivity contribution in [2.75, 3.05) is 0 Å². The van der Waals surface area contributed by atoms with Crippen LogP contribution in [0.3, 0.4) is 0 Å². The molecule has 0 bridgehead atoms. The zero-order valence-electron chi connectivity index (χ0n) is 10.9. The highest BCUT2D eigenvalue weighted by atomic mass is 19.4. The summed E-state index contributed by atoms with van der Waals surface area (Å²) in [6.07, 6.45) is -4.85. The molecule has 0 aromatic heterocycles. The fourth-order valence-corrected chi connectivity index (χ4v) is 2.09. The van der Waals surface area contributed by atoms with Crippen molar-refractivity contribution in [2.45, 2.75) is 13.3 Å². The monoisotopic (exact) mass is 296 g/mol. The fraction of sp³-hybridized carbons (Fsp3) is 0.133. The predicted octanol–water partition coefficient (Wildman–Crippen LogP) is 4.26. The third-order valence-electron chi connectivity index (χ3n) is 2.89. The number of halogens is 3. The first-order valence-electron chi connectivity index (χ1n) is 5.97. The van der Waals surface area contributed by atoms with E-state index in [0.717, 1.165) is 6.07 Å². The molecule has 110 valence electrons. The van der Waals surface area contributed by atoms with Crippen LogP contribution in [0.4, 0.5) is 13.2 Å². The molecule has 0 aliphatic carbocycles. The maximum atomic E-state index is 12.5. The number of carboxylic acid groups (broad SMARTS) is 1. The first-order valence-corrected chi connectivity index (χ1v) is 5.97.